The van der Waals surface area contributed by atoms with E-state index in [9.17, 15) is 4.39 Å². The summed E-state index contributed by atoms with van der Waals surface area (Å²) in [5.74, 6) is 1.57. The number of aromatic nitrogens is 3. The number of hydrogen-bond donors (Lipinski definition) is 0. The summed E-state index contributed by atoms with van der Waals surface area (Å²) in [6.45, 7) is 0. The van der Waals surface area contributed by atoms with Gasteiger partial charge in [-0.15, -0.1) is 0 Å². The van der Waals surface area contributed by atoms with Gasteiger partial charge < -0.3 is 9.47 Å². The summed E-state index contributed by atoms with van der Waals surface area (Å²) in [5.41, 5.74) is 5.15. The van der Waals surface area contributed by atoms with E-state index < -0.39 is 0 Å². The van der Waals surface area contributed by atoms with Crippen molar-refractivity contribution in [3.63, 3.8) is 0 Å². The van der Waals surface area contributed by atoms with Crippen molar-refractivity contribution in [2.45, 2.75) is 0 Å². The van der Waals surface area contributed by atoms with Crippen LogP contribution in [-0.2, 0) is 0 Å². The topological polar surface area (TPSA) is 48.7 Å². The van der Waals surface area contributed by atoms with Crippen molar-refractivity contribution in [1.82, 2.24) is 14.4 Å². The lowest BCUT2D eigenvalue weighted by atomic mass is 10.1. The first-order valence-corrected chi connectivity index (χ1v) is 9.44. The van der Waals surface area contributed by atoms with E-state index in [-0.39, 0.29) is 5.82 Å². The van der Waals surface area contributed by atoms with E-state index in [0.29, 0.717) is 23.0 Å². The smallest absolute Gasteiger partial charge is 0.235 e. The van der Waals surface area contributed by atoms with E-state index >= 15 is 0 Å². The second-order valence-electron chi connectivity index (χ2n) is 6.84. The Labute approximate surface area is 172 Å². The number of fused-ring (bicyclic) bond motifs is 3. The van der Waals surface area contributed by atoms with Gasteiger partial charge in [-0.05, 0) is 60.7 Å². The van der Waals surface area contributed by atoms with E-state index in [4.69, 9.17) is 19.4 Å². The van der Waals surface area contributed by atoms with Gasteiger partial charge in [-0.25, -0.2) is 14.4 Å². The predicted molar refractivity (Wildman–Crippen MR) is 114 cm³/mol. The third kappa shape index (κ3) is 2.93. The molecule has 6 heteroatoms. The van der Waals surface area contributed by atoms with Crippen LogP contribution in [0.3, 0.4) is 0 Å². The first kappa shape index (κ1) is 18.1. The van der Waals surface area contributed by atoms with Crippen LogP contribution in [0.4, 0.5) is 4.39 Å². The van der Waals surface area contributed by atoms with Crippen LogP contribution in [0.5, 0.6) is 11.5 Å². The second-order valence-corrected chi connectivity index (χ2v) is 6.84. The fourth-order valence-electron chi connectivity index (χ4n) is 3.64. The Balaban J connectivity index is 1.83. The van der Waals surface area contributed by atoms with Crippen molar-refractivity contribution >= 4 is 16.8 Å². The largest absolute Gasteiger partial charge is 0.493 e. The number of methoxy groups -OCH3 is 2. The lowest BCUT2D eigenvalue weighted by Crippen LogP contribution is -1.98. The molecule has 2 aromatic heterocycles. The molecule has 0 saturated carbocycles. The van der Waals surface area contributed by atoms with Gasteiger partial charge in [0.05, 0.1) is 36.6 Å². The summed E-state index contributed by atoms with van der Waals surface area (Å²) < 4.78 is 26.3. The fraction of sp³-hybridized carbons (Fsp3) is 0.0833. The highest BCUT2D eigenvalue weighted by molar-refractivity contribution is 5.84. The standard InChI is InChI=1S/C24H18FN3O2/c1-29-22-12-9-16(13-23(22)30-2)21-14-19(15-7-10-17(25)11-8-15)27-24-26-18-5-3-4-6-20(18)28(21)24/h3-14H,1-2H3. The lowest BCUT2D eigenvalue weighted by Gasteiger charge is -2.13. The molecule has 5 nitrogen and oxygen atoms in total. The second kappa shape index (κ2) is 7.15. The third-order valence-corrected chi connectivity index (χ3v) is 5.10. The highest BCUT2D eigenvalue weighted by Gasteiger charge is 2.16. The normalized spacial score (nSPS) is 11.2. The van der Waals surface area contributed by atoms with Crippen LogP contribution < -0.4 is 9.47 Å². The maximum absolute atomic E-state index is 13.4. The van der Waals surface area contributed by atoms with E-state index in [0.717, 1.165) is 27.9 Å². The summed E-state index contributed by atoms with van der Waals surface area (Å²) in [7, 11) is 3.22. The number of rotatable bonds is 4. The highest BCUT2D eigenvalue weighted by Crippen LogP contribution is 2.35. The molecule has 0 fully saturated rings. The Morgan fingerprint density at radius 3 is 2.27 bits per heavy atom. The SMILES string of the molecule is COc1ccc(-c2cc(-c3ccc(F)cc3)nc3nc4ccccc4n23)cc1OC. The van der Waals surface area contributed by atoms with Crippen molar-refractivity contribution < 1.29 is 13.9 Å². The number of benzene rings is 3. The van der Waals surface area contributed by atoms with Crippen LogP contribution >= 0.6 is 0 Å². The van der Waals surface area contributed by atoms with Gasteiger partial charge >= 0.3 is 0 Å². The zero-order valence-corrected chi connectivity index (χ0v) is 16.5. The molecule has 30 heavy (non-hydrogen) atoms. The molecule has 5 aromatic rings. The molecule has 0 bridgehead atoms. The van der Waals surface area contributed by atoms with Gasteiger partial charge in [0.2, 0.25) is 5.78 Å². The van der Waals surface area contributed by atoms with Crippen molar-refractivity contribution in [3.05, 3.63) is 78.6 Å². The first-order chi connectivity index (χ1) is 14.7. The predicted octanol–water partition coefficient (Wildman–Crippen LogP) is 5.37. The van der Waals surface area contributed by atoms with Crippen LogP contribution in [0.2, 0.25) is 0 Å². The highest BCUT2D eigenvalue weighted by atomic mass is 19.1. The molecule has 0 spiro atoms. The average Bonchev–Trinajstić information content (AvgIpc) is 3.17. The van der Waals surface area contributed by atoms with Crippen LogP contribution in [0.25, 0.3) is 39.3 Å². The molecule has 0 radical (unpaired) electrons. The fourth-order valence-corrected chi connectivity index (χ4v) is 3.64. The molecule has 0 atom stereocenters. The van der Waals surface area contributed by atoms with Crippen LogP contribution in [0.15, 0.2) is 72.8 Å². The van der Waals surface area contributed by atoms with Gasteiger partial charge in [-0.3, -0.25) is 4.40 Å². The number of halogens is 1. The van der Waals surface area contributed by atoms with Crippen LogP contribution in [-0.4, -0.2) is 28.6 Å². The Morgan fingerprint density at radius 2 is 1.50 bits per heavy atom. The van der Waals surface area contributed by atoms with Gasteiger partial charge in [-0.2, -0.15) is 0 Å². The van der Waals surface area contributed by atoms with Gasteiger partial charge in [0, 0.05) is 11.1 Å². The molecular formula is C24H18FN3O2. The molecule has 0 amide bonds. The van der Waals surface area contributed by atoms with Gasteiger partial charge in [0.1, 0.15) is 5.82 Å². The molecule has 5 rings (SSSR count). The lowest BCUT2D eigenvalue weighted by molar-refractivity contribution is 0.355. The van der Waals surface area contributed by atoms with Crippen molar-refractivity contribution in [1.29, 1.82) is 0 Å². The van der Waals surface area contributed by atoms with Gasteiger partial charge in [-0.1, -0.05) is 12.1 Å². The Morgan fingerprint density at radius 1 is 0.767 bits per heavy atom. The van der Waals surface area contributed by atoms with Gasteiger partial charge in [0.15, 0.2) is 11.5 Å². The zero-order chi connectivity index (χ0) is 20.7. The van der Waals surface area contributed by atoms with Crippen LogP contribution in [0.1, 0.15) is 0 Å². The summed E-state index contributed by atoms with van der Waals surface area (Å²) in [6.07, 6.45) is 0. The number of imidazole rings is 1. The molecule has 0 N–H and O–H groups in total. The molecule has 0 aliphatic rings. The molecule has 0 unspecified atom stereocenters. The maximum atomic E-state index is 13.4. The minimum Gasteiger partial charge on any atom is -0.493 e. The first-order valence-electron chi connectivity index (χ1n) is 9.44. The molecule has 0 aliphatic heterocycles. The molecule has 0 aliphatic carbocycles. The summed E-state index contributed by atoms with van der Waals surface area (Å²) in [5, 5.41) is 0. The molecule has 3 aromatic carbocycles. The summed E-state index contributed by atoms with van der Waals surface area (Å²) >= 11 is 0. The Hall–Kier alpha value is -3.93. The monoisotopic (exact) mass is 399 g/mol. The number of ether oxygens (including phenoxy) is 2. The Kier molecular flexibility index (Phi) is 4.32. The summed E-state index contributed by atoms with van der Waals surface area (Å²) in [4.78, 5) is 9.45. The maximum Gasteiger partial charge on any atom is 0.235 e. The van der Waals surface area contributed by atoms with E-state index in [1.165, 1.54) is 12.1 Å². The number of para-hydroxylation sites is 2. The number of hydrogen-bond acceptors (Lipinski definition) is 4. The Bertz CT molecular complexity index is 1380. The number of nitrogens with zero attached hydrogens (tertiary/aromatic N) is 3. The third-order valence-electron chi connectivity index (χ3n) is 5.10. The molecule has 2 heterocycles. The molecular weight excluding hydrogens is 381 g/mol. The average molecular weight is 399 g/mol. The van der Waals surface area contributed by atoms with Crippen molar-refractivity contribution in [3.8, 4) is 34.0 Å². The summed E-state index contributed by atoms with van der Waals surface area (Å²) in [6, 6.07) is 21.9. The van der Waals surface area contributed by atoms with Crippen molar-refractivity contribution in [2.24, 2.45) is 0 Å². The minimum atomic E-state index is -0.286. The van der Waals surface area contributed by atoms with Crippen molar-refractivity contribution in [2.75, 3.05) is 14.2 Å². The van der Waals surface area contributed by atoms with E-state index in [2.05, 4.69) is 0 Å². The quantitative estimate of drug-likeness (QED) is 0.408. The van der Waals surface area contributed by atoms with E-state index in [1.807, 2.05) is 52.9 Å². The van der Waals surface area contributed by atoms with Gasteiger partial charge in [0.25, 0.3) is 0 Å². The van der Waals surface area contributed by atoms with Crippen LogP contribution in [0, 0.1) is 5.82 Å². The minimum absolute atomic E-state index is 0.286. The molecule has 148 valence electrons. The zero-order valence-electron chi connectivity index (χ0n) is 16.5. The molecule has 0 saturated heterocycles. The van der Waals surface area contributed by atoms with E-state index in [1.54, 1.807) is 26.4 Å².